The molecule has 0 aliphatic heterocycles. The van der Waals surface area contributed by atoms with E-state index in [1.165, 1.54) is 17.7 Å². The van der Waals surface area contributed by atoms with Gasteiger partial charge in [0.15, 0.2) is 0 Å². The zero-order valence-corrected chi connectivity index (χ0v) is 23.2. The molecule has 0 amide bonds. The molecule has 0 bridgehead atoms. The first kappa shape index (κ1) is 28.2. The summed E-state index contributed by atoms with van der Waals surface area (Å²) >= 11 is 0. The zero-order valence-electron chi connectivity index (χ0n) is 22.3. The number of nitrogens with zero attached hydrogens (tertiary/aromatic N) is 3. The second kappa shape index (κ2) is 13.3. The van der Waals surface area contributed by atoms with E-state index in [-0.39, 0.29) is 4.90 Å². The van der Waals surface area contributed by atoms with Crippen molar-refractivity contribution in [2.75, 3.05) is 17.8 Å². The maximum atomic E-state index is 13.0. The Kier molecular flexibility index (Phi) is 9.15. The molecule has 10 heteroatoms. The lowest BCUT2D eigenvalue weighted by atomic mass is 10.1. The number of aliphatic hydroxyl groups excluding tert-OH is 1. The highest BCUT2D eigenvalue weighted by atomic mass is 32.2. The lowest BCUT2D eigenvalue weighted by molar-refractivity contribution is 0.174. The first-order chi connectivity index (χ1) is 20.0. The van der Waals surface area contributed by atoms with Crippen LogP contribution < -0.4 is 10.0 Å². The molecule has 0 unspecified atom stereocenters. The Morgan fingerprint density at radius 1 is 0.829 bits per heavy atom. The van der Waals surface area contributed by atoms with Gasteiger partial charge in [-0.15, -0.1) is 0 Å². The predicted octanol–water partition coefficient (Wildman–Crippen LogP) is 4.58. The molecule has 3 N–H and O–H groups in total. The first-order valence-corrected chi connectivity index (χ1v) is 14.8. The van der Waals surface area contributed by atoms with E-state index < -0.39 is 16.1 Å². The Balaban J connectivity index is 1.11. The van der Waals surface area contributed by atoms with Crippen LogP contribution in [0, 0.1) is 0 Å². The maximum absolute atomic E-state index is 13.0. The fraction of sp³-hybridized carbons (Fsp3) is 0.194. The number of sulfonamides is 1. The van der Waals surface area contributed by atoms with Gasteiger partial charge in [-0.2, -0.15) is 4.98 Å². The molecule has 5 aromatic rings. The number of nitrogens with one attached hydrogen (secondary N) is 2. The number of aromatic nitrogens is 3. The molecule has 0 aliphatic carbocycles. The van der Waals surface area contributed by atoms with Crippen LogP contribution in [0.5, 0.6) is 0 Å². The fourth-order valence-corrected chi connectivity index (χ4v) is 5.33. The lowest BCUT2D eigenvalue weighted by Crippen LogP contribution is -2.23. The average Bonchev–Trinajstić information content (AvgIpc) is 3.49. The topological polar surface area (TPSA) is 130 Å². The van der Waals surface area contributed by atoms with E-state index in [0.29, 0.717) is 42.5 Å². The molecule has 41 heavy (non-hydrogen) atoms. The number of aryl methyl sites for hydroxylation is 2. The molecule has 2 heterocycles. The lowest BCUT2D eigenvalue weighted by Gasteiger charge is -2.12. The van der Waals surface area contributed by atoms with Crippen LogP contribution in [0.1, 0.15) is 28.7 Å². The molecular formula is C31H31N5O4S. The van der Waals surface area contributed by atoms with Gasteiger partial charge >= 0.3 is 0 Å². The van der Waals surface area contributed by atoms with Crippen molar-refractivity contribution in [3.63, 3.8) is 0 Å². The SMILES string of the molecule is O=S(=O)(Nc1ccc(CCNC[C@@H](O)c2cccnc2)cc1)c1ccc(-c2noc(CCc3ccccc3)n2)cc1. The van der Waals surface area contributed by atoms with Crippen molar-refractivity contribution in [3.8, 4) is 11.4 Å². The van der Waals surface area contributed by atoms with Gasteiger partial charge in [-0.25, -0.2) is 8.42 Å². The van der Waals surface area contributed by atoms with Crippen LogP contribution >= 0.6 is 0 Å². The van der Waals surface area contributed by atoms with Crippen LogP contribution in [-0.2, 0) is 29.3 Å². The van der Waals surface area contributed by atoms with Gasteiger partial charge in [0.2, 0.25) is 11.7 Å². The number of anilines is 1. The van der Waals surface area contributed by atoms with Gasteiger partial charge in [0.05, 0.1) is 11.0 Å². The van der Waals surface area contributed by atoms with Crippen LogP contribution in [0.15, 0.2) is 113 Å². The third-order valence-corrected chi connectivity index (χ3v) is 7.96. The van der Waals surface area contributed by atoms with Gasteiger partial charge in [0.25, 0.3) is 10.0 Å². The fourth-order valence-electron chi connectivity index (χ4n) is 4.27. The van der Waals surface area contributed by atoms with E-state index in [2.05, 4.69) is 37.3 Å². The number of pyridine rings is 1. The van der Waals surface area contributed by atoms with Crippen molar-refractivity contribution >= 4 is 15.7 Å². The number of aliphatic hydroxyl groups is 1. The highest BCUT2D eigenvalue weighted by molar-refractivity contribution is 7.92. The zero-order chi connectivity index (χ0) is 28.5. The Bertz CT molecular complexity index is 1630. The van der Waals surface area contributed by atoms with Crippen LogP contribution in [0.4, 0.5) is 5.69 Å². The van der Waals surface area contributed by atoms with E-state index in [1.807, 2.05) is 36.4 Å². The number of hydrogen-bond acceptors (Lipinski definition) is 8. The molecule has 0 fully saturated rings. The van der Waals surface area contributed by atoms with Gasteiger partial charge in [0, 0.05) is 42.2 Å². The van der Waals surface area contributed by atoms with Gasteiger partial charge < -0.3 is 14.9 Å². The molecule has 0 radical (unpaired) electrons. The van der Waals surface area contributed by atoms with Gasteiger partial charge in [0.1, 0.15) is 0 Å². The molecular weight excluding hydrogens is 538 g/mol. The molecule has 0 saturated heterocycles. The van der Waals surface area contributed by atoms with Crippen molar-refractivity contribution in [2.45, 2.75) is 30.3 Å². The highest BCUT2D eigenvalue weighted by Gasteiger charge is 2.16. The summed E-state index contributed by atoms with van der Waals surface area (Å²) in [6.45, 7) is 1.09. The second-order valence-corrected chi connectivity index (χ2v) is 11.3. The van der Waals surface area contributed by atoms with Crippen molar-refractivity contribution in [2.24, 2.45) is 0 Å². The van der Waals surface area contributed by atoms with E-state index in [1.54, 1.807) is 42.7 Å². The van der Waals surface area contributed by atoms with Gasteiger partial charge in [-0.05, 0) is 73.0 Å². The van der Waals surface area contributed by atoms with Crippen LogP contribution in [-0.4, -0.2) is 41.7 Å². The summed E-state index contributed by atoms with van der Waals surface area (Å²) < 4.78 is 33.9. The summed E-state index contributed by atoms with van der Waals surface area (Å²) in [5.41, 5.74) is 4.15. The van der Waals surface area contributed by atoms with E-state index >= 15 is 0 Å². The molecule has 3 aromatic carbocycles. The Morgan fingerprint density at radius 3 is 2.32 bits per heavy atom. The van der Waals surface area contributed by atoms with Gasteiger partial charge in [-0.3, -0.25) is 9.71 Å². The number of benzene rings is 3. The molecule has 0 spiro atoms. The minimum absolute atomic E-state index is 0.134. The van der Waals surface area contributed by atoms with E-state index in [9.17, 15) is 13.5 Å². The largest absolute Gasteiger partial charge is 0.387 e. The third-order valence-electron chi connectivity index (χ3n) is 6.56. The van der Waals surface area contributed by atoms with E-state index in [0.717, 1.165) is 24.0 Å². The summed E-state index contributed by atoms with van der Waals surface area (Å²) in [4.78, 5) is 8.60. The quantitative estimate of drug-likeness (QED) is 0.176. The van der Waals surface area contributed by atoms with Crippen LogP contribution in [0.25, 0.3) is 11.4 Å². The summed E-state index contributed by atoms with van der Waals surface area (Å²) in [6, 6.07) is 27.3. The normalized spacial score (nSPS) is 12.2. The molecule has 2 aromatic heterocycles. The minimum Gasteiger partial charge on any atom is -0.387 e. The first-order valence-electron chi connectivity index (χ1n) is 13.3. The highest BCUT2D eigenvalue weighted by Crippen LogP contribution is 2.22. The summed E-state index contributed by atoms with van der Waals surface area (Å²) in [7, 11) is -3.78. The van der Waals surface area contributed by atoms with Crippen LogP contribution in [0.2, 0.25) is 0 Å². The molecule has 9 nitrogen and oxygen atoms in total. The van der Waals surface area contributed by atoms with Crippen molar-refractivity contribution in [1.29, 1.82) is 0 Å². The van der Waals surface area contributed by atoms with E-state index in [4.69, 9.17) is 4.52 Å². The monoisotopic (exact) mass is 569 g/mol. The third kappa shape index (κ3) is 7.85. The second-order valence-electron chi connectivity index (χ2n) is 9.58. The molecule has 5 rings (SSSR count). The van der Waals surface area contributed by atoms with Crippen molar-refractivity contribution < 1.29 is 18.0 Å². The summed E-state index contributed by atoms with van der Waals surface area (Å²) in [5.74, 6) is 0.949. The molecule has 1 atom stereocenters. The maximum Gasteiger partial charge on any atom is 0.261 e. The summed E-state index contributed by atoms with van der Waals surface area (Å²) in [5, 5.41) is 17.5. The number of rotatable bonds is 13. The number of hydrogen-bond donors (Lipinski definition) is 3. The Hall–Kier alpha value is -4.38. The van der Waals surface area contributed by atoms with Crippen molar-refractivity contribution in [3.05, 3.63) is 126 Å². The predicted molar refractivity (Wildman–Crippen MR) is 157 cm³/mol. The minimum atomic E-state index is -3.78. The van der Waals surface area contributed by atoms with Crippen LogP contribution in [0.3, 0.4) is 0 Å². The summed E-state index contributed by atoms with van der Waals surface area (Å²) in [6.07, 6.45) is 4.85. The Morgan fingerprint density at radius 2 is 1.59 bits per heavy atom. The standard InChI is InChI=1S/C31H31N5O4S/c37-29(26-7-4-19-32-21-26)22-33-20-18-24-8-13-27(14-9-24)36-41(38,39)28-15-11-25(12-16-28)31-34-30(40-35-31)17-10-23-5-2-1-3-6-23/h1-9,11-16,19,21,29,33,36-37H,10,17-18,20,22H2/t29-/m1/s1. The molecule has 0 saturated carbocycles. The molecule has 210 valence electrons. The smallest absolute Gasteiger partial charge is 0.261 e. The average molecular weight is 570 g/mol. The van der Waals surface area contributed by atoms with Gasteiger partial charge in [-0.1, -0.05) is 53.7 Å². The Labute approximate surface area is 239 Å². The molecule has 0 aliphatic rings. The van der Waals surface area contributed by atoms with Crippen molar-refractivity contribution in [1.82, 2.24) is 20.4 Å².